The molecule has 0 atom stereocenters. The molecule has 0 aromatic carbocycles. The van der Waals surface area contributed by atoms with Gasteiger partial charge >= 0.3 is 36.3 Å². The van der Waals surface area contributed by atoms with Crippen LogP contribution in [0.5, 0.6) is 0 Å². The molecule has 11 heteroatoms. The molecule has 4 nitrogen and oxygen atoms in total. The molecule has 0 heterocycles. The third-order valence-electron chi connectivity index (χ3n) is 0.463. The number of hydrogen-bond donors (Lipinski definition) is 0. The SMILES string of the molecule is C.C.O=C([O-])C(F)(F)F.O=C([O-])C(F)(F)F.[Sn+2]. The Labute approximate surface area is 110 Å². The molecule has 0 N–H and O–H groups in total. The molecule has 0 aliphatic heterocycles. The van der Waals surface area contributed by atoms with Gasteiger partial charge in [0.25, 0.3) is 0 Å². The number of carboxylic acid groups (broad SMARTS) is 2. The maximum atomic E-state index is 10.5. The fourth-order valence-electron chi connectivity index (χ4n) is 0. The van der Waals surface area contributed by atoms with Crippen molar-refractivity contribution in [3.8, 4) is 0 Å². The van der Waals surface area contributed by atoms with E-state index in [-0.39, 0.29) is 38.8 Å². The molecular weight excluding hydrogens is 369 g/mol. The van der Waals surface area contributed by atoms with Crippen LogP contribution in [0.4, 0.5) is 26.3 Å². The second-order valence-corrected chi connectivity index (χ2v) is 1.57. The van der Waals surface area contributed by atoms with Gasteiger partial charge in [-0.15, -0.1) is 0 Å². The van der Waals surface area contributed by atoms with Gasteiger partial charge in [-0.05, 0) is 0 Å². The van der Waals surface area contributed by atoms with Gasteiger partial charge in [-0.3, -0.25) is 0 Å². The molecule has 0 fully saturated rings. The van der Waals surface area contributed by atoms with Crippen LogP contribution in [0.1, 0.15) is 14.9 Å². The zero-order valence-electron chi connectivity index (χ0n) is 6.40. The standard InChI is InChI=1S/2C2HF3O2.2CH4.Sn/c2*3-2(4,5)1(6)7;;;/h2*(H,6,7);2*1H4;/q;;;;+2/p-2. The molecule has 0 saturated carbocycles. The van der Waals surface area contributed by atoms with Crippen molar-refractivity contribution in [3.05, 3.63) is 0 Å². The second-order valence-electron chi connectivity index (χ2n) is 1.57. The minimum absolute atomic E-state index is 0. The second kappa shape index (κ2) is 10.5. The van der Waals surface area contributed by atoms with E-state index in [4.69, 9.17) is 19.8 Å². The molecule has 0 saturated heterocycles. The summed E-state index contributed by atoms with van der Waals surface area (Å²) >= 11 is 0. The largest absolute Gasteiger partial charge is 2.00 e. The molecular formula is C6H8F6O4Sn. The monoisotopic (exact) mass is 378 g/mol. The summed E-state index contributed by atoms with van der Waals surface area (Å²) < 4.78 is 63.1. The number of aliphatic carboxylic acids is 2. The number of alkyl halides is 6. The van der Waals surface area contributed by atoms with E-state index in [9.17, 15) is 26.3 Å². The first-order chi connectivity index (χ1) is 5.89. The quantitative estimate of drug-likeness (QED) is 0.421. The molecule has 0 aromatic rings. The van der Waals surface area contributed by atoms with Crippen LogP contribution < -0.4 is 10.2 Å². The predicted octanol–water partition coefficient (Wildman–Crippen LogP) is -0.511. The molecule has 0 aromatic heterocycles. The van der Waals surface area contributed by atoms with Crippen molar-refractivity contribution < 1.29 is 46.1 Å². The van der Waals surface area contributed by atoms with E-state index < -0.39 is 24.3 Å². The van der Waals surface area contributed by atoms with E-state index >= 15 is 0 Å². The van der Waals surface area contributed by atoms with Gasteiger partial charge < -0.3 is 19.8 Å². The van der Waals surface area contributed by atoms with E-state index in [0.717, 1.165) is 0 Å². The minimum atomic E-state index is -5.19. The summed E-state index contributed by atoms with van der Waals surface area (Å²) in [7, 11) is 0. The van der Waals surface area contributed by atoms with Gasteiger partial charge in [-0.2, -0.15) is 26.3 Å². The van der Waals surface area contributed by atoms with Crippen LogP contribution in [0.2, 0.25) is 0 Å². The molecule has 17 heavy (non-hydrogen) atoms. The summed E-state index contributed by atoms with van der Waals surface area (Å²) in [5.74, 6) is -6.01. The molecule has 2 radical (unpaired) electrons. The summed E-state index contributed by atoms with van der Waals surface area (Å²) in [6.45, 7) is 0. The van der Waals surface area contributed by atoms with Crippen LogP contribution in [-0.2, 0) is 9.59 Å². The van der Waals surface area contributed by atoms with Crippen LogP contribution in [-0.4, -0.2) is 48.2 Å². The number of carbonyl (C=O) groups is 2. The summed E-state index contributed by atoms with van der Waals surface area (Å²) in [5, 5.41) is 17.6. The molecule has 0 aliphatic carbocycles. The topological polar surface area (TPSA) is 80.3 Å². The van der Waals surface area contributed by atoms with Crippen molar-refractivity contribution in [2.75, 3.05) is 0 Å². The fraction of sp³-hybridized carbons (Fsp3) is 0.667. The van der Waals surface area contributed by atoms with Gasteiger partial charge in [0.1, 0.15) is 11.9 Å². The van der Waals surface area contributed by atoms with Crippen LogP contribution >= 0.6 is 0 Å². The van der Waals surface area contributed by atoms with Gasteiger partial charge in [-0.1, -0.05) is 14.9 Å². The Hall–Kier alpha value is -0.681. The maximum absolute atomic E-state index is 10.5. The van der Waals surface area contributed by atoms with Crippen LogP contribution in [0, 0.1) is 0 Å². The smallest absolute Gasteiger partial charge is 0.542 e. The van der Waals surface area contributed by atoms with E-state index in [1.165, 1.54) is 0 Å². The third kappa shape index (κ3) is 21.2. The summed E-state index contributed by atoms with van der Waals surface area (Å²) in [6.07, 6.45) is -10.4. The fourth-order valence-corrected chi connectivity index (χ4v) is 0. The minimum Gasteiger partial charge on any atom is -0.542 e. The average molecular weight is 377 g/mol. The van der Waals surface area contributed by atoms with Gasteiger partial charge in [0, 0.05) is 0 Å². The summed E-state index contributed by atoms with van der Waals surface area (Å²) in [4.78, 5) is 17.6. The van der Waals surface area contributed by atoms with Crippen molar-refractivity contribution in [2.45, 2.75) is 27.2 Å². The van der Waals surface area contributed by atoms with Crippen molar-refractivity contribution in [3.63, 3.8) is 0 Å². The van der Waals surface area contributed by atoms with Crippen LogP contribution in [0.25, 0.3) is 0 Å². The van der Waals surface area contributed by atoms with Crippen molar-refractivity contribution >= 4 is 35.8 Å². The first-order valence-electron chi connectivity index (χ1n) is 2.45. The van der Waals surface area contributed by atoms with E-state index in [2.05, 4.69) is 0 Å². The van der Waals surface area contributed by atoms with E-state index in [1.54, 1.807) is 0 Å². The van der Waals surface area contributed by atoms with Gasteiger partial charge in [-0.25, -0.2) is 0 Å². The number of carboxylic acids is 2. The number of halogens is 6. The molecule has 0 unspecified atom stereocenters. The Morgan fingerprint density at radius 3 is 0.765 bits per heavy atom. The van der Waals surface area contributed by atoms with E-state index in [1.807, 2.05) is 0 Å². The normalized spacial score (nSPS) is 9.29. The Bertz CT molecular complexity index is 200. The number of hydrogen-bond acceptors (Lipinski definition) is 4. The Kier molecular flexibility index (Phi) is 18.4. The molecule has 0 rings (SSSR count). The molecule has 0 aliphatic rings. The van der Waals surface area contributed by atoms with Crippen LogP contribution in [0.3, 0.4) is 0 Å². The Balaban J connectivity index is -0.0000000480. The number of rotatable bonds is 0. The van der Waals surface area contributed by atoms with Crippen molar-refractivity contribution in [1.82, 2.24) is 0 Å². The first kappa shape index (κ1) is 29.9. The maximum Gasteiger partial charge on any atom is 2.00 e. The number of carbonyl (C=O) groups excluding carboxylic acids is 2. The summed E-state index contributed by atoms with van der Waals surface area (Å²) in [6, 6.07) is 0. The third-order valence-corrected chi connectivity index (χ3v) is 0.463. The zero-order chi connectivity index (χ0) is 12.2. The molecule has 0 bridgehead atoms. The molecule has 0 spiro atoms. The predicted molar refractivity (Wildman–Crippen MR) is 41.3 cm³/mol. The molecule has 102 valence electrons. The average Bonchev–Trinajstić information content (AvgIpc) is 1.83. The van der Waals surface area contributed by atoms with Crippen molar-refractivity contribution in [2.24, 2.45) is 0 Å². The summed E-state index contributed by atoms with van der Waals surface area (Å²) in [5.41, 5.74) is 0. The van der Waals surface area contributed by atoms with Crippen molar-refractivity contribution in [1.29, 1.82) is 0 Å². The van der Waals surface area contributed by atoms with Gasteiger partial charge in [0.15, 0.2) is 0 Å². The molecule has 0 amide bonds. The van der Waals surface area contributed by atoms with Gasteiger partial charge in [0.05, 0.1) is 0 Å². The zero-order valence-corrected chi connectivity index (χ0v) is 9.25. The van der Waals surface area contributed by atoms with Gasteiger partial charge in [0.2, 0.25) is 0 Å². The first-order valence-corrected chi connectivity index (χ1v) is 2.45. The Morgan fingerprint density at radius 2 is 0.765 bits per heavy atom. The van der Waals surface area contributed by atoms with Crippen LogP contribution in [0.15, 0.2) is 0 Å². The Morgan fingerprint density at radius 1 is 0.706 bits per heavy atom. The van der Waals surface area contributed by atoms with E-state index in [0.29, 0.717) is 0 Å².